The van der Waals surface area contributed by atoms with Gasteiger partial charge in [-0.05, 0) is 0 Å². The Morgan fingerprint density at radius 2 is 0.844 bits per heavy atom. The molecule has 0 bridgehead atoms. The molecule has 32 heavy (non-hydrogen) atoms. The van der Waals surface area contributed by atoms with E-state index in [2.05, 4.69) is 0 Å². The van der Waals surface area contributed by atoms with Crippen LogP contribution in [0, 0.1) is 12.3 Å². The summed E-state index contributed by atoms with van der Waals surface area (Å²) in [7, 11) is 0. The number of alkyl halides is 17. The molecule has 0 spiro atoms. The van der Waals surface area contributed by atoms with E-state index in [1.165, 1.54) is 0 Å². The molecule has 193 valence electrons. The van der Waals surface area contributed by atoms with Crippen molar-refractivity contribution in [3.8, 4) is 0 Å². The van der Waals surface area contributed by atoms with E-state index in [4.69, 9.17) is 5.11 Å². The van der Waals surface area contributed by atoms with Crippen molar-refractivity contribution in [1.29, 1.82) is 0 Å². The monoisotopic (exact) mass is 527 g/mol. The fourth-order valence-corrected chi connectivity index (χ4v) is 1.78. The molecule has 0 rings (SSSR count). The van der Waals surface area contributed by atoms with Crippen LogP contribution in [0.1, 0.15) is 6.92 Å². The van der Waals surface area contributed by atoms with Crippen LogP contribution < -0.4 is 0 Å². The molecular weight excluding hydrogens is 521 g/mol. The Morgan fingerprint density at radius 3 is 1.12 bits per heavy atom. The van der Waals surface area contributed by atoms with Gasteiger partial charge >= 0.3 is 54.0 Å². The Labute approximate surface area is 163 Å². The molecule has 0 fully saturated rings. The molecular formula is C12H6F19O. The average molecular weight is 527 g/mol. The standard InChI is InChI=1S/C12H6F19O/c1-2(7(19,20)21)3(13)5(16,17)8(22,23)10(26,27)12(30,31)11(28,29)9(24,25)6(18,32)4(14)15/h2-3,32H,1H3. The van der Waals surface area contributed by atoms with Crippen molar-refractivity contribution in [3.63, 3.8) is 0 Å². The van der Waals surface area contributed by atoms with Crippen LogP contribution in [0.5, 0.6) is 0 Å². The van der Waals surface area contributed by atoms with Gasteiger partial charge in [0, 0.05) is 0 Å². The van der Waals surface area contributed by atoms with Gasteiger partial charge in [-0.2, -0.15) is 79.0 Å². The van der Waals surface area contributed by atoms with E-state index in [0.717, 1.165) is 0 Å². The highest BCUT2D eigenvalue weighted by molar-refractivity contribution is 5.16. The van der Waals surface area contributed by atoms with Crippen molar-refractivity contribution in [2.75, 3.05) is 0 Å². The van der Waals surface area contributed by atoms with E-state index in [1.54, 1.807) is 0 Å². The zero-order valence-corrected chi connectivity index (χ0v) is 14.3. The second kappa shape index (κ2) is 7.85. The Balaban J connectivity index is 6.74. The SMILES string of the molecule is CC(C(F)C(F)(F)C(F)(F)C(F)(F)C(F)(F)C(F)(F)C(F)(F)C(O)(F)[C](F)F)C(F)(F)F. The normalized spacial score (nSPS) is 19.7. The van der Waals surface area contributed by atoms with E-state index < -0.39 is 73.0 Å². The molecule has 1 nitrogen and oxygen atoms in total. The highest BCUT2D eigenvalue weighted by Gasteiger charge is 2.94. The maximum atomic E-state index is 13.4. The second-order valence-electron chi connectivity index (χ2n) is 6.11. The average Bonchev–Trinajstić information content (AvgIpc) is 2.58. The fourth-order valence-electron chi connectivity index (χ4n) is 1.78. The molecule has 3 atom stereocenters. The van der Waals surface area contributed by atoms with Crippen molar-refractivity contribution in [3.05, 3.63) is 6.43 Å². The summed E-state index contributed by atoms with van der Waals surface area (Å²) in [5, 5.41) is 7.91. The van der Waals surface area contributed by atoms with Crippen molar-refractivity contribution in [2.24, 2.45) is 5.92 Å². The quantitative estimate of drug-likeness (QED) is 0.344. The Bertz CT molecular complexity index is 662. The minimum Gasteiger partial charge on any atom is -0.352 e. The van der Waals surface area contributed by atoms with Gasteiger partial charge in [0.15, 0.2) is 6.17 Å². The second-order valence-corrected chi connectivity index (χ2v) is 6.11. The topological polar surface area (TPSA) is 20.2 Å². The zero-order valence-electron chi connectivity index (χ0n) is 14.3. The molecule has 0 saturated heterocycles. The smallest absolute Gasteiger partial charge is 0.352 e. The highest BCUT2D eigenvalue weighted by Crippen LogP contribution is 2.63. The first-order valence-corrected chi connectivity index (χ1v) is 7.08. The molecule has 1 radical (unpaired) electrons. The van der Waals surface area contributed by atoms with E-state index >= 15 is 0 Å². The summed E-state index contributed by atoms with van der Waals surface area (Å²) in [6, 6.07) is 0. The predicted octanol–water partition coefficient (Wildman–Crippen LogP) is 6.42. The molecule has 0 aliphatic heterocycles. The van der Waals surface area contributed by atoms with Crippen LogP contribution in [-0.4, -0.2) is 58.8 Å². The third kappa shape index (κ3) is 3.92. The summed E-state index contributed by atoms with van der Waals surface area (Å²) in [4.78, 5) is 0. The predicted molar refractivity (Wildman–Crippen MR) is 61.3 cm³/mol. The lowest BCUT2D eigenvalue weighted by Gasteiger charge is -2.43. The minimum atomic E-state index is -8.73. The van der Waals surface area contributed by atoms with Gasteiger partial charge < -0.3 is 5.11 Å². The lowest BCUT2D eigenvalue weighted by atomic mass is 9.85. The van der Waals surface area contributed by atoms with Gasteiger partial charge in [0.2, 0.25) is 0 Å². The molecule has 20 heteroatoms. The van der Waals surface area contributed by atoms with Gasteiger partial charge in [-0.15, -0.1) is 0 Å². The van der Waals surface area contributed by atoms with Crippen molar-refractivity contribution in [2.45, 2.75) is 60.7 Å². The van der Waals surface area contributed by atoms with Crippen LogP contribution in [0.4, 0.5) is 83.4 Å². The van der Waals surface area contributed by atoms with Crippen molar-refractivity contribution in [1.82, 2.24) is 0 Å². The third-order valence-corrected chi connectivity index (χ3v) is 3.96. The van der Waals surface area contributed by atoms with Crippen LogP contribution in [0.3, 0.4) is 0 Å². The van der Waals surface area contributed by atoms with Gasteiger partial charge in [-0.3, -0.25) is 0 Å². The molecule has 0 amide bonds. The Kier molecular flexibility index (Phi) is 7.51. The summed E-state index contributed by atoms with van der Waals surface area (Å²) in [6.07, 6.45) is -16.7. The summed E-state index contributed by atoms with van der Waals surface area (Å²) in [5.41, 5.74) is 0. The number of rotatable bonds is 9. The summed E-state index contributed by atoms with van der Waals surface area (Å²) < 4.78 is 246. The van der Waals surface area contributed by atoms with Gasteiger partial charge in [0.25, 0.3) is 0 Å². The first kappa shape index (κ1) is 30.6. The molecule has 3 unspecified atom stereocenters. The number of hydrogen-bond donors (Lipinski definition) is 1. The number of hydrogen-bond acceptors (Lipinski definition) is 1. The molecule has 0 saturated carbocycles. The Hall–Kier alpha value is -1.37. The third-order valence-electron chi connectivity index (χ3n) is 3.96. The highest BCUT2D eigenvalue weighted by atomic mass is 19.4. The van der Waals surface area contributed by atoms with E-state index in [-0.39, 0.29) is 0 Å². The Morgan fingerprint density at radius 1 is 0.562 bits per heavy atom. The molecule has 0 aliphatic carbocycles. The molecule has 0 aromatic heterocycles. The summed E-state index contributed by atoms with van der Waals surface area (Å²) in [6.45, 7) is -0.712. The molecule has 0 aromatic rings. The van der Waals surface area contributed by atoms with Crippen LogP contribution in [-0.2, 0) is 0 Å². The summed E-state index contributed by atoms with van der Waals surface area (Å²) >= 11 is 0. The summed E-state index contributed by atoms with van der Waals surface area (Å²) in [5.74, 6) is -61.7. The fraction of sp³-hybridized carbons (Fsp3) is 0.917. The van der Waals surface area contributed by atoms with E-state index in [9.17, 15) is 83.4 Å². The molecule has 0 aromatic carbocycles. The minimum absolute atomic E-state index is 0.712. The number of halogens is 19. The van der Waals surface area contributed by atoms with Crippen LogP contribution >= 0.6 is 0 Å². The van der Waals surface area contributed by atoms with Gasteiger partial charge in [-0.1, -0.05) is 6.92 Å². The van der Waals surface area contributed by atoms with Crippen molar-refractivity contribution < 1.29 is 88.5 Å². The molecule has 0 heterocycles. The van der Waals surface area contributed by atoms with Crippen LogP contribution in [0.25, 0.3) is 0 Å². The van der Waals surface area contributed by atoms with Crippen LogP contribution in [0.15, 0.2) is 0 Å². The van der Waals surface area contributed by atoms with Gasteiger partial charge in [0.05, 0.1) is 5.92 Å². The van der Waals surface area contributed by atoms with Crippen LogP contribution in [0.2, 0.25) is 0 Å². The van der Waals surface area contributed by atoms with E-state index in [1.807, 2.05) is 0 Å². The molecule has 1 N–H and O–H groups in total. The largest absolute Gasteiger partial charge is 0.394 e. The number of aliphatic hydroxyl groups is 1. The van der Waals surface area contributed by atoms with E-state index in [0.29, 0.717) is 0 Å². The molecule has 0 aliphatic rings. The zero-order chi connectivity index (χ0) is 26.7. The van der Waals surface area contributed by atoms with Crippen molar-refractivity contribution >= 4 is 0 Å². The lowest BCUT2D eigenvalue weighted by molar-refractivity contribution is -0.452. The first-order valence-electron chi connectivity index (χ1n) is 7.08. The van der Waals surface area contributed by atoms with Gasteiger partial charge in [0.1, 0.15) is 0 Å². The lowest BCUT2D eigenvalue weighted by Crippen LogP contribution is -2.74. The maximum absolute atomic E-state index is 13.4. The maximum Gasteiger partial charge on any atom is 0.394 e. The first-order chi connectivity index (χ1) is 13.5. The van der Waals surface area contributed by atoms with Gasteiger partial charge in [-0.25, -0.2) is 4.39 Å².